The Morgan fingerprint density at radius 3 is 2.57 bits per heavy atom. The van der Waals surface area contributed by atoms with E-state index in [2.05, 4.69) is 11.9 Å². The van der Waals surface area contributed by atoms with Crippen molar-refractivity contribution in [2.24, 2.45) is 5.73 Å². The molecule has 0 heterocycles. The van der Waals surface area contributed by atoms with Crippen LogP contribution in [0.2, 0.25) is 0 Å². The number of halogens is 1. The van der Waals surface area contributed by atoms with Gasteiger partial charge in [0.05, 0.1) is 17.9 Å². The summed E-state index contributed by atoms with van der Waals surface area (Å²) in [5.74, 6) is 0.804. The normalized spacial score (nSPS) is 13.6. The molecule has 0 fully saturated rings. The Balaban J connectivity index is 4.86. The number of nitrogens with two attached hydrogens (primary N) is 1. The van der Waals surface area contributed by atoms with Crippen LogP contribution in [-0.2, 0) is 4.74 Å². The van der Waals surface area contributed by atoms with Gasteiger partial charge in [-0.25, -0.2) is 0 Å². The van der Waals surface area contributed by atoms with Gasteiger partial charge >= 0.3 is 0 Å². The van der Waals surface area contributed by atoms with Crippen LogP contribution in [-0.4, -0.2) is 20.7 Å². The lowest BCUT2D eigenvalue weighted by molar-refractivity contribution is 0.289. The SMILES string of the molecule is C=C(N)/C(Cl)=C\C(CNC)=C(/C)OC. The summed E-state index contributed by atoms with van der Waals surface area (Å²) in [5.41, 5.74) is 6.75. The van der Waals surface area contributed by atoms with Crippen molar-refractivity contribution in [1.82, 2.24) is 5.32 Å². The molecule has 0 aliphatic heterocycles. The quantitative estimate of drug-likeness (QED) is 0.544. The minimum absolute atomic E-state index is 0.351. The van der Waals surface area contributed by atoms with Crippen molar-refractivity contribution in [1.29, 1.82) is 0 Å². The van der Waals surface area contributed by atoms with E-state index in [1.165, 1.54) is 0 Å². The van der Waals surface area contributed by atoms with Gasteiger partial charge in [0.2, 0.25) is 0 Å². The molecule has 0 aromatic rings. The predicted molar refractivity (Wildman–Crippen MR) is 60.9 cm³/mol. The molecule has 0 bridgehead atoms. The molecule has 0 unspecified atom stereocenters. The van der Waals surface area contributed by atoms with Crippen LogP contribution >= 0.6 is 11.6 Å². The van der Waals surface area contributed by atoms with Gasteiger partial charge in [0, 0.05) is 17.8 Å². The van der Waals surface area contributed by atoms with E-state index in [-0.39, 0.29) is 0 Å². The first-order chi connectivity index (χ1) is 6.52. The Morgan fingerprint density at radius 2 is 2.21 bits per heavy atom. The van der Waals surface area contributed by atoms with E-state index in [0.717, 1.165) is 11.3 Å². The van der Waals surface area contributed by atoms with Gasteiger partial charge in [-0.15, -0.1) is 0 Å². The highest BCUT2D eigenvalue weighted by atomic mass is 35.5. The molecule has 14 heavy (non-hydrogen) atoms. The molecule has 0 aliphatic carbocycles. The van der Waals surface area contributed by atoms with Gasteiger partial charge < -0.3 is 15.8 Å². The molecule has 0 aromatic carbocycles. The maximum absolute atomic E-state index is 5.87. The van der Waals surface area contributed by atoms with Crippen molar-refractivity contribution in [3.63, 3.8) is 0 Å². The van der Waals surface area contributed by atoms with Gasteiger partial charge in [-0.1, -0.05) is 18.2 Å². The molecule has 80 valence electrons. The standard InChI is InChI=1S/C10H17ClN2O/c1-7(12)10(11)5-9(6-13-3)8(2)14-4/h5,13H,1,6,12H2,2-4H3/b9-8-,10-5+. The van der Waals surface area contributed by atoms with Crippen molar-refractivity contribution in [3.05, 3.63) is 34.7 Å². The number of nitrogens with one attached hydrogen (secondary N) is 1. The van der Waals surface area contributed by atoms with E-state index < -0.39 is 0 Å². The Kier molecular flexibility index (Phi) is 6.08. The monoisotopic (exact) mass is 216 g/mol. The molecule has 0 aliphatic rings. The van der Waals surface area contributed by atoms with E-state index in [1.54, 1.807) is 13.2 Å². The number of methoxy groups -OCH3 is 1. The molecule has 0 saturated carbocycles. The zero-order valence-electron chi connectivity index (χ0n) is 8.86. The molecule has 3 N–H and O–H groups in total. The third-order valence-corrected chi connectivity index (χ3v) is 2.09. The first kappa shape index (κ1) is 13.1. The van der Waals surface area contributed by atoms with Crippen molar-refractivity contribution < 1.29 is 4.74 Å². The fraction of sp³-hybridized carbons (Fsp3) is 0.400. The maximum Gasteiger partial charge on any atom is 0.0969 e. The molecule has 0 radical (unpaired) electrons. The van der Waals surface area contributed by atoms with Crippen LogP contribution in [0.3, 0.4) is 0 Å². The number of likely N-dealkylation sites (N-methyl/N-ethyl adjacent to an activating group) is 1. The number of rotatable bonds is 5. The minimum atomic E-state index is 0.351. The second-order valence-electron chi connectivity index (χ2n) is 2.83. The topological polar surface area (TPSA) is 47.3 Å². The van der Waals surface area contributed by atoms with E-state index in [4.69, 9.17) is 22.1 Å². The highest BCUT2D eigenvalue weighted by Crippen LogP contribution is 2.14. The molecule has 0 rings (SSSR count). The van der Waals surface area contributed by atoms with Crippen LogP contribution in [0.4, 0.5) is 0 Å². The van der Waals surface area contributed by atoms with E-state index >= 15 is 0 Å². The Morgan fingerprint density at radius 1 is 1.64 bits per heavy atom. The lowest BCUT2D eigenvalue weighted by Crippen LogP contribution is -2.11. The zero-order chi connectivity index (χ0) is 11.1. The van der Waals surface area contributed by atoms with Gasteiger partial charge in [0.1, 0.15) is 0 Å². The third kappa shape index (κ3) is 4.35. The van der Waals surface area contributed by atoms with E-state index in [0.29, 0.717) is 17.3 Å². The molecule has 4 heteroatoms. The highest BCUT2D eigenvalue weighted by Gasteiger charge is 2.01. The smallest absolute Gasteiger partial charge is 0.0969 e. The summed E-state index contributed by atoms with van der Waals surface area (Å²) in [6.45, 7) is 6.08. The summed E-state index contributed by atoms with van der Waals surface area (Å²) in [4.78, 5) is 0. The summed E-state index contributed by atoms with van der Waals surface area (Å²) < 4.78 is 5.11. The van der Waals surface area contributed by atoms with Crippen molar-refractivity contribution in [2.45, 2.75) is 6.92 Å². The number of hydrogen-bond donors (Lipinski definition) is 2. The van der Waals surface area contributed by atoms with Gasteiger partial charge in [0.15, 0.2) is 0 Å². The maximum atomic E-state index is 5.87. The van der Waals surface area contributed by atoms with Gasteiger partial charge in [-0.2, -0.15) is 0 Å². The average Bonchev–Trinajstić information content (AvgIpc) is 2.15. The third-order valence-electron chi connectivity index (χ3n) is 1.73. The van der Waals surface area contributed by atoms with Crippen molar-refractivity contribution in [3.8, 4) is 0 Å². The zero-order valence-corrected chi connectivity index (χ0v) is 9.61. The molecule has 0 spiro atoms. The molecule has 3 nitrogen and oxygen atoms in total. The average molecular weight is 217 g/mol. The summed E-state index contributed by atoms with van der Waals surface area (Å²) >= 11 is 5.87. The van der Waals surface area contributed by atoms with E-state index in [1.807, 2.05) is 14.0 Å². The Labute approximate surface area is 90.3 Å². The van der Waals surface area contributed by atoms with Gasteiger partial charge in [0.25, 0.3) is 0 Å². The van der Waals surface area contributed by atoms with Crippen molar-refractivity contribution in [2.75, 3.05) is 20.7 Å². The van der Waals surface area contributed by atoms with Crippen LogP contribution in [0.5, 0.6) is 0 Å². The highest BCUT2D eigenvalue weighted by molar-refractivity contribution is 6.32. The lowest BCUT2D eigenvalue weighted by Gasteiger charge is -2.07. The summed E-state index contributed by atoms with van der Waals surface area (Å²) in [6, 6.07) is 0. The molecule has 0 amide bonds. The Bertz CT molecular complexity index is 269. The predicted octanol–water partition coefficient (Wildman–Crippen LogP) is 1.72. The number of hydrogen-bond acceptors (Lipinski definition) is 3. The molecule has 0 saturated heterocycles. The fourth-order valence-corrected chi connectivity index (χ4v) is 0.976. The van der Waals surface area contributed by atoms with Gasteiger partial charge in [-0.05, 0) is 20.0 Å². The van der Waals surface area contributed by atoms with Crippen LogP contribution < -0.4 is 11.1 Å². The molecular weight excluding hydrogens is 200 g/mol. The van der Waals surface area contributed by atoms with Crippen LogP contribution in [0, 0.1) is 0 Å². The largest absolute Gasteiger partial charge is 0.501 e. The molecule has 0 atom stereocenters. The number of ether oxygens (including phenoxy) is 1. The first-order valence-electron chi connectivity index (χ1n) is 4.23. The van der Waals surface area contributed by atoms with Crippen LogP contribution in [0.25, 0.3) is 0 Å². The first-order valence-corrected chi connectivity index (χ1v) is 4.61. The molecular formula is C10H17ClN2O. The van der Waals surface area contributed by atoms with Crippen molar-refractivity contribution >= 4 is 11.6 Å². The second-order valence-corrected chi connectivity index (χ2v) is 3.24. The summed E-state index contributed by atoms with van der Waals surface area (Å²) in [6.07, 6.45) is 1.75. The summed E-state index contributed by atoms with van der Waals surface area (Å²) in [7, 11) is 3.46. The van der Waals surface area contributed by atoms with Crippen LogP contribution in [0.15, 0.2) is 34.7 Å². The number of allylic oxidation sites excluding steroid dienone is 2. The minimum Gasteiger partial charge on any atom is -0.501 e. The van der Waals surface area contributed by atoms with Crippen LogP contribution in [0.1, 0.15) is 6.92 Å². The second kappa shape index (κ2) is 6.51. The van der Waals surface area contributed by atoms with E-state index in [9.17, 15) is 0 Å². The summed E-state index contributed by atoms with van der Waals surface area (Å²) in [5, 5.41) is 3.45. The fourth-order valence-electron chi connectivity index (χ4n) is 0.844. The van der Waals surface area contributed by atoms with Gasteiger partial charge in [-0.3, -0.25) is 0 Å². The lowest BCUT2D eigenvalue weighted by atomic mass is 10.2. The Hall–Kier alpha value is -0.930. The molecule has 0 aromatic heterocycles.